The van der Waals surface area contributed by atoms with Gasteiger partial charge in [0.25, 0.3) is 0 Å². The molecule has 78 valence electrons. The molecule has 0 unspecified atom stereocenters. The van der Waals surface area contributed by atoms with Gasteiger partial charge < -0.3 is 15.1 Å². The van der Waals surface area contributed by atoms with Crippen molar-refractivity contribution < 1.29 is 4.42 Å². The van der Waals surface area contributed by atoms with E-state index < -0.39 is 0 Å². The first-order valence-corrected chi connectivity index (χ1v) is 5.17. The summed E-state index contributed by atoms with van der Waals surface area (Å²) in [6.45, 7) is 2.75. The van der Waals surface area contributed by atoms with Crippen molar-refractivity contribution >= 4 is 6.01 Å². The van der Waals surface area contributed by atoms with Crippen molar-refractivity contribution in [1.82, 2.24) is 10.2 Å². The van der Waals surface area contributed by atoms with Crippen molar-refractivity contribution in [2.45, 2.75) is 25.7 Å². The van der Waals surface area contributed by atoms with Gasteiger partial charge in [-0.3, -0.25) is 0 Å². The summed E-state index contributed by atoms with van der Waals surface area (Å²) in [7, 11) is 0. The van der Waals surface area contributed by atoms with Gasteiger partial charge >= 0.3 is 6.01 Å². The fourth-order valence-electron chi connectivity index (χ4n) is 1.64. The molecule has 2 rings (SSSR count). The van der Waals surface area contributed by atoms with Gasteiger partial charge in [-0.15, -0.1) is 5.10 Å². The largest absolute Gasteiger partial charge is 0.408 e. The van der Waals surface area contributed by atoms with Gasteiger partial charge in [0.15, 0.2) is 0 Å². The average Bonchev–Trinajstić information content (AvgIpc) is 2.85. The maximum Gasteiger partial charge on any atom is 0.318 e. The highest BCUT2D eigenvalue weighted by atomic mass is 16.4. The van der Waals surface area contributed by atoms with Crippen LogP contribution in [0, 0.1) is 0 Å². The zero-order chi connectivity index (χ0) is 9.80. The Balaban J connectivity index is 1.94. The van der Waals surface area contributed by atoms with E-state index in [0.717, 1.165) is 25.9 Å². The Morgan fingerprint density at radius 2 is 2.07 bits per heavy atom. The van der Waals surface area contributed by atoms with Crippen LogP contribution < -0.4 is 10.6 Å². The molecule has 0 amide bonds. The molecule has 0 aliphatic carbocycles. The fourth-order valence-corrected chi connectivity index (χ4v) is 1.64. The SMILES string of the molecule is NCCCc1nnc(N2CCCC2)o1. The lowest BCUT2D eigenvalue weighted by atomic mass is 10.3. The molecule has 0 saturated carbocycles. The molecular weight excluding hydrogens is 180 g/mol. The zero-order valence-electron chi connectivity index (χ0n) is 8.28. The summed E-state index contributed by atoms with van der Waals surface area (Å²) in [5.74, 6) is 0.706. The number of nitrogens with zero attached hydrogens (tertiary/aromatic N) is 3. The molecule has 0 radical (unpaired) electrons. The van der Waals surface area contributed by atoms with Gasteiger partial charge in [-0.25, -0.2) is 0 Å². The van der Waals surface area contributed by atoms with Gasteiger partial charge in [-0.1, -0.05) is 5.10 Å². The lowest BCUT2D eigenvalue weighted by molar-refractivity contribution is 0.484. The molecule has 1 saturated heterocycles. The van der Waals surface area contributed by atoms with Crippen LogP contribution in [0.2, 0.25) is 0 Å². The Morgan fingerprint density at radius 3 is 2.79 bits per heavy atom. The summed E-state index contributed by atoms with van der Waals surface area (Å²) < 4.78 is 5.52. The second kappa shape index (κ2) is 4.41. The molecule has 2 N–H and O–H groups in total. The minimum atomic E-state index is 0.668. The zero-order valence-corrected chi connectivity index (χ0v) is 8.28. The molecule has 5 heteroatoms. The number of nitrogens with two attached hydrogens (primary N) is 1. The molecule has 0 bridgehead atoms. The normalized spacial score (nSPS) is 16.5. The molecule has 0 aromatic carbocycles. The van der Waals surface area contributed by atoms with Crippen molar-refractivity contribution in [2.75, 3.05) is 24.5 Å². The number of hydrogen-bond acceptors (Lipinski definition) is 5. The van der Waals surface area contributed by atoms with Gasteiger partial charge in [-0.05, 0) is 25.8 Å². The van der Waals surface area contributed by atoms with Crippen LogP contribution in [0.5, 0.6) is 0 Å². The highest BCUT2D eigenvalue weighted by molar-refractivity contribution is 5.25. The van der Waals surface area contributed by atoms with Crippen molar-refractivity contribution in [3.63, 3.8) is 0 Å². The van der Waals surface area contributed by atoms with Crippen LogP contribution in [0.4, 0.5) is 6.01 Å². The van der Waals surface area contributed by atoms with Gasteiger partial charge in [-0.2, -0.15) is 0 Å². The summed E-state index contributed by atoms with van der Waals surface area (Å²) in [6, 6.07) is 0.675. The van der Waals surface area contributed by atoms with Crippen molar-refractivity contribution in [2.24, 2.45) is 5.73 Å². The molecule has 1 fully saturated rings. The van der Waals surface area contributed by atoms with Crippen molar-refractivity contribution in [3.05, 3.63) is 5.89 Å². The Bertz CT molecular complexity index is 280. The van der Waals surface area contributed by atoms with Crippen LogP contribution in [-0.4, -0.2) is 29.8 Å². The highest BCUT2D eigenvalue weighted by Gasteiger charge is 2.17. The Hall–Kier alpha value is -1.10. The highest BCUT2D eigenvalue weighted by Crippen LogP contribution is 2.18. The summed E-state index contributed by atoms with van der Waals surface area (Å²) in [5, 5.41) is 8.00. The van der Waals surface area contributed by atoms with Gasteiger partial charge in [0.1, 0.15) is 0 Å². The van der Waals surface area contributed by atoms with E-state index in [-0.39, 0.29) is 0 Å². The molecule has 1 aromatic heterocycles. The summed E-state index contributed by atoms with van der Waals surface area (Å²) >= 11 is 0. The van der Waals surface area contributed by atoms with E-state index in [4.69, 9.17) is 10.2 Å². The Morgan fingerprint density at radius 1 is 1.29 bits per heavy atom. The molecular formula is C9H16N4O. The van der Waals surface area contributed by atoms with E-state index in [1.54, 1.807) is 0 Å². The molecule has 1 aliphatic heterocycles. The third kappa shape index (κ3) is 2.04. The minimum absolute atomic E-state index is 0.668. The fraction of sp³-hybridized carbons (Fsp3) is 0.778. The number of rotatable bonds is 4. The second-order valence-corrected chi connectivity index (χ2v) is 3.56. The first-order chi connectivity index (χ1) is 6.90. The summed E-state index contributed by atoms with van der Waals surface area (Å²) in [4.78, 5) is 2.14. The summed E-state index contributed by atoms with van der Waals surface area (Å²) in [5.41, 5.74) is 5.41. The second-order valence-electron chi connectivity index (χ2n) is 3.56. The van der Waals surface area contributed by atoms with E-state index in [2.05, 4.69) is 15.1 Å². The third-order valence-corrected chi connectivity index (χ3v) is 2.43. The predicted molar refractivity (Wildman–Crippen MR) is 53.1 cm³/mol. The van der Waals surface area contributed by atoms with Crippen LogP contribution in [-0.2, 0) is 6.42 Å². The van der Waals surface area contributed by atoms with E-state index >= 15 is 0 Å². The van der Waals surface area contributed by atoms with E-state index in [9.17, 15) is 0 Å². The minimum Gasteiger partial charge on any atom is -0.408 e. The monoisotopic (exact) mass is 196 g/mol. The maximum absolute atomic E-state index is 5.52. The van der Waals surface area contributed by atoms with Crippen LogP contribution in [0.3, 0.4) is 0 Å². The molecule has 14 heavy (non-hydrogen) atoms. The Kier molecular flexibility index (Phi) is 2.98. The quantitative estimate of drug-likeness (QED) is 0.762. The first kappa shape index (κ1) is 9.45. The first-order valence-electron chi connectivity index (χ1n) is 5.17. The van der Waals surface area contributed by atoms with Crippen LogP contribution >= 0.6 is 0 Å². The lowest BCUT2D eigenvalue weighted by Gasteiger charge is -2.09. The van der Waals surface area contributed by atoms with E-state index in [1.165, 1.54) is 12.8 Å². The number of aryl methyl sites for hydroxylation is 1. The number of hydrogen-bond donors (Lipinski definition) is 1. The topological polar surface area (TPSA) is 68.2 Å². The third-order valence-electron chi connectivity index (χ3n) is 2.43. The molecule has 1 aliphatic rings. The smallest absolute Gasteiger partial charge is 0.318 e. The Labute approximate surface area is 83.3 Å². The van der Waals surface area contributed by atoms with E-state index in [0.29, 0.717) is 18.5 Å². The molecule has 0 atom stereocenters. The maximum atomic E-state index is 5.52. The van der Waals surface area contributed by atoms with Gasteiger partial charge in [0.05, 0.1) is 0 Å². The van der Waals surface area contributed by atoms with Crippen LogP contribution in [0.1, 0.15) is 25.2 Å². The van der Waals surface area contributed by atoms with Gasteiger partial charge in [0.2, 0.25) is 5.89 Å². The van der Waals surface area contributed by atoms with Crippen molar-refractivity contribution in [3.8, 4) is 0 Å². The van der Waals surface area contributed by atoms with Crippen LogP contribution in [0.15, 0.2) is 4.42 Å². The molecule has 0 spiro atoms. The molecule has 1 aromatic rings. The lowest BCUT2D eigenvalue weighted by Crippen LogP contribution is -2.17. The van der Waals surface area contributed by atoms with Crippen LogP contribution in [0.25, 0.3) is 0 Å². The average molecular weight is 196 g/mol. The number of aromatic nitrogens is 2. The summed E-state index contributed by atoms with van der Waals surface area (Å²) in [6.07, 6.45) is 4.14. The van der Waals surface area contributed by atoms with E-state index in [1.807, 2.05) is 0 Å². The number of anilines is 1. The molecule has 5 nitrogen and oxygen atoms in total. The molecule has 2 heterocycles. The standard InChI is InChI=1S/C9H16N4O/c10-5-3-4-8-11-12-9(14-8)13-6-1-2-7-13/h1-7,10H2. The predicted octanol–water partition coefficient (Wildman–Crippen LogP) is 0.561. The van der Waals surface area contributed by atoms with Gasteiger partial charge in [0, 0.05) is 19.5 Å². The van der Waals surface area contributed by atoms with Crippen molar-refractivity contribution in [1.29, 1.82) is 0 Å².